The smallest absolute Gasteiger partial charge is 0.148 e. The van der Waals surface area contributed by atoms with Crippen molar-refractivity contribution in [1.29, 1.82) is 0 Å². The lowest BCUT2D eigenvalue weighted by Gasteiger charge is -2.01. The largest absolute Gasteiger partial charge is 0.494 e. The van der Waals surface area contributed by atoms with E-state index in [1.54, 1.807) is 0 Å². The van der Waals surface area contributed by atoms with Crippen LogP contribution in [0.15, 0.2) is 11.5 Å². The maximum Gasteiger partial charge on any atom is 0.148 e. The molecule has 0 fully saturated rings. The summed E-state index contributed by atoms with van der Waals surface area (Å²) in [5, 5.41) is 0. The molecular weight excluding hydrogens is 136 g/mol. The van der Waals surface area contributed by atoms with Crippen LogP contribution >= 0.6 is 12.0 Å². The minimum Gasteiger partial charge on any atom is -0.494 e. The van der Waals surface area contributed by atoms with E-state index >= 15 is 0 Å². The zero-order valence-electron chi connectivity index (χ0n) is 5.64. The third-order valence-electron chi connectivity index (χ3n) is 1.16. The summed E-state index contributed by atoms with van der Waals surface area (Å²) in [5.74, 6) is 2.70. The molecule has 0 spiro atoms. The molecule has 0 aliphatic carbocycles. The van der Waals surface area contributed by atoms with Crippen LogP contribution in [-0.4, -0.2) is 12.4 Å². The summed E-state index contributed by atoms with van der Waals surface area (Å²) < 4.78 is 10.4. The summed E-state index contributed by atoms with van der Waals surface area (Å²) in [4.78, 5) is 0. The summed E-state index contributed by atoms with van der Waals surface area (Å²) in [6, 6.07) is 0. The fourth-order valence-electron chi connectivity index (χ4n) is 0.519. The molecule has 0 aromatic rings. The zero-order valence-corrected chi connectivity index (χ0v) is 6.46. The van der Waals surface area contributed by atoms with Gasteiger partial charge in [0, 0.05) is 0 Å². The third kappa shape index (κ3) is 1.82. The molecule has 1 aliphatic rings. The van der Waals surface area contributed by atoms with E-state index in [0.29, 0.717) is 0 Å². The Bertz CT molecular complexity index is 117. The molecule has 1 rings (SSSR count). The zero-order chi connectivity index (χ0) is 6.69. The fourth-order valence-corrected chi connectivity index (χ4v) is 1.05. The second-order valence-electron chi connectivity index (χ2n) is 1.87. The molecule has 3 heteroatoms. The van der Waals surface area contributed by atoms with Gasteiger partial charge in [-0.15, -0.1) is 0 Å². The molecule has 2 nitrogen and oxygen atoms in total. The average Bonchev–Trinajstić information content (AvgIpc) is 1.99. The number of rotatable bonds is 0. The Morgan fingerprint density at radius 3 is 2.89 bits per heavy atom. The lowest BCUT2D eigenvalue weighted by molar-refractivity contribution is 0.225. The van der Waals surface area contributed by atoms with Gasteiger partial charge in [-0.3, -0.25) is 0 Å². The number of hydrogen-bond donors (Lipinski definition) is 0. The molecule has 0 aromatic carbocycles. The lowest BCUT2D eigenvalue weighted by Crippen LogP contribution is -1.91. The first kappa shape index (κ1) is 6.81. The summed E-state index contributed by atoms with van der Waals surface area (Å²) in [6.07, 6.45) is 0. The molecule has 1 heterocycles. The molecule has 0 unspecified atom stereocenters. The van der Waals surface area contributed by atoms with Crippen LogP contribution in [0.2, 0.25) is 0 Å². The second-order valence-corrected chi connectivity index (χ2v) is 2.68. The average molecular weight is 146 g/mol. The monoisotopic (exact) mass is 146 g/mol. The molecule has 0 saturated heterocycles. The van der Waals surface area contributed by atoms with E-state index in [1.165, 1.54) is 12.0 Å². The third-order valence-corrected chi connectivity index (χ3v) is 1.87. The predicted octanol–water partition coefficient (Wildman–Crippen LogP) is 1.93. The fraction of sp³-hybridized carbons (Fsp3) is 0.667. The van der Waals surface area contributed by atoms with Crippen LogP contribution in [0.3, 0.4) is 0 Å². The van der Waals surface area contributed by atoms with Crippen LogP contribution in [0.4, 0.5) is 0 Å². The van der Waals surface area contributed by atoms with Gasteiger partial charge >= 0.3 is 0 Å². The highest BCUT2D eigenvalue weighted by Crippen LogP contribution is 2.18. The van der Waals surface area contributed by atoms with Gasteiger partial charge in [0.05, 0.1) is 17.8 Å². The van der Waals surface area contributed by atoms with Gasteiger partial charge in [0.25, 0.3) is 0 Å². The quantitative estimate of drug-likeness (QED) is 0.486. The Hall–Kier alpha value is -0.310. The van der Waals surface area contributed by atoms with Gasteiger partial charge in [0.1, 0.15) is 18.1 Å². The van der Waals surface area contributed by atoms with Crippen molar-refractivity contribution in [2.75, 3.05) is 12.4 Å². The Morgan fingerprint density at radius 1 is 1.33 bits per heavy atom. The first-order valence-electron chi connectivity index (χ1n) is 2.90. The second kappa shape index (κ2) is 3.01. The van der Waals surface area contributed by atoms with Gasteiger partial charge in [-0.2, -0.15) is 0 Å². The van der Waals surface area contributed by atoms with Crippen LogP contribution in [0.5, 0.6) is 0 Å². The standard InChI is InChI=1S/C6H10O2S/c1-5-6(2)8-9-4-3-7-5/h3-4H2,1-2H3. The summed E-state index contributed by atoms with van der Waals surface area (Å²) >= 11 is 1.44. The topological polar surface area (TPSA) is 18.5 Å². The van der Waals surface area contributed by atoms with Crippen molar-refractivity contribution in [2.45, 2.75) is 13.8 Å². The van der Waals surface area contributed by atoms with Gasteiger partial charge in [0.2, 0.25) is 0 Å². The maximum absolute atomic E-state index is 5.25. The van der Waals surface area contributed by atoms with E-state index in [0.717, 1.165) is 23.9 Å². The molecular formula is C6H10O2S. The van der Waals surface area contributed by atoms with Crippen LogP contribution < -0.4 is 0 Å². The summed E-state index contributed by atoms with van der Waals surface area (Å²) in [7, 11) is 0. The summed E-state index contributed by atoms with van der Waals surface area (Å²) in [5.41, 5.74) is 0. The molecule has 0 amide bonds. The molecule has 0 bridgehead atoms. The molecule has 0 radical (unpaired) electrons. The Kier molecular flexibility index (Phi) is 2.28. The van der Waals surface area contributed by atoms with Crippen LogP contribution in [0.25, 0.3) is 0 Å². The lowest BCUT2D eigenvalue weighted by atomic mass is 10.5. The normalized spacial score (nSPS) is 20.2. The first-order chi connectivity index (χ1) is 4.30. The molecule has 52 valence electrons. The van der Waals surface area contributed by atoms with E-state index in [-0.39, 0.29) is 0 Å². The SMILES string of the molecule is CC1=C(C)OSCCO1. The van der Waals surface area contributed by atoms with Crippen molar-refractivity contribution in [2.24, 2.45) is 0 Å². The van der Waals surface area contributed by atoms with Gasteiger partial charge in [0.15, 0.2) is 0 Å². The van der Waals surface area contributed by atoms with E-state index < -0.39 is 0 Å². The van der Waals surface area contributed by atoms with Crippen molar-refractivity contribution in [1.82, 2.24) is 0 Å². The minimum atomic E-state index is 0.758. The van der Waals surface area contributed by atoms with Crippen LogP contribution in [-0.2, 0) is 8.92 Å². The molecule has 0 saturated carbocycles. The number of hydrogen-bond acceptors (Lipinski definition) is 3. The van der Waals surface area contributed by atoms with E-state index in [2.05, 4.69) is 0 Å². The summed E-state index contributed by atoms with van der Waals surface area (Å²) in [6.45, 7) is 4.59. The Labute approximate surface area is 59.4 Å². The number of allylic oxidation sites excluding steroid dienone is 2. The van der Waals surface area contributed by atoms with Crippen molar-refractivity contribution in [3.8, 4) is 0 Å². The highest BCUT2D eigenvalue weighted by atomic mass is 32.2. The first-order valence-corrected chi connectivity index (χ1v) is 3.81. The van der Waals surface area contributed by atoms with Crippen molar-refractivity contribution in [3.63, 3.8) is 0 Å². The highest BCUT2D eigenvalue weighted by Gasteiger charge is 2.04. The van der Waals surface area contributed by atoms with E-state index in [9.17, 15) is 0 Å². The molecule has 0 N–H and O–H groups in total. The van der Waals surface area contributed by atoms with Crippen LogP contribution in [0, 0.1) is 0 Å². The predicted molar refractivity (Wildman–Crippen MR) is 37.9 cm³/mol. The molecule has 0 aromatic heterocycles. The van der Waals surface area contributed by atoms with E-state index in [1.807, 2.05) is 13.8 Å². The highest BCUT2D eigenvalue weighted by molar-refractivity contribution is 7.94. The molecule has 9 heavy (non-hydrogen) atoms. The van der Waals surface area contributed by atoms with Crippen molar-refractivity contribution in [3.05, 3.63) is 11.5 Å². The van der Waals surface area contributed by atoms with Gasteiger partial charge in [-0.05, 0) is 13.8 Å². The number of ether oxygens (including phenoxy) is 1. The van der Waals surface area contributed by atoms with Gasteiger partial charge in [-0.1, -0.05) is 0 Å². The Morgan fingerprint density at radius 2 is 2.11 bits per heavy atom. The van der Waals surface area contributed by atoms with Crippen molar-refractivity contribution >= 4 is 12.0 Å². The Balaban J connectivity index is 2.55. The van der Waals surface area contributed by atoms with Gasteiger partial charge < -0.3 is 8.92 Å². The maximum atomic E-state index is 5.25. The van der Waals surface area contributed by atoms with Crippen LogP contribution in [0.1, 0.15) is 13.8 Å². The molecule has 1 aliphatic heterocycles. The van der Waals surface area contributed by atoms with E-state index in [4.69, 9.17) is 8.92 Å². The van der Waals surface area contributed by atoms with Gasteiger partial charge in [-0.25, -0.2) is 0 Å². The minimum absolute atomic E-state index is 0.758. The molecule has 0 atom stereocenters. The van der Waals surface area contributed by atoms with Crippen molar-refractivity contribution < 1.29 is 8.92 Å².